The minimum absolute atomic E-state index is 0.0593. The van der Waals surface area contributed by atoms with Crippen LogP contribution in [0, 0.1) is 16.0 Å². The lowest BCUT2D eigenvalue weighted by Gasteiger charge is -2.43. The third kappa shape index (κ3) is 4.21. The first-order chi connectivity index (χ1) is 11.4. The Morgan fingerprint density at radius 3 is 2.75 bits per heavy atom. The molecule has 9 heteroatoms. The summed E-state index contributed by atoms with van der Waals surface area (Å²) in [5.74, 6) is 0.449. The van der Waals surface area contributed by atoms with Crippen LogP contribution < -0.4 is 5.32 Å². The number of carbonyl (C=O) groups is 1. The Kier molecular flexibility index (Phi) is 5.00. The third-order valence-corrected chi connectivity index (χ3v) is 5.14. The highest BCUT2D eigenvalue weighted by atomic mass is 79.9. The number of carboxylic acids is 1. The van der Waals surface area contributed by atoms with Crippen molar-refractivity contribution in [3.8, 4) is 0 Å². The Morgan fingerprint density at radius 1 is 1.50 bits per heavy atom. The van der Waals surface area contributed by atoms with Gasteiger partial charge in [0.05, 0.1) is 15.9 Å². The summed E-state index contributed by atoms with van der Waals surface area (Å²) in [6, 6.07) is 1.90. The van der Waals surface area contributed by atoms with E-state index in [4.69, 9.17) is 5.11 Å². The first-order valence-corrected chi connectivity index (χ1v) is 8.74. The number of nitro groups is 1. The van der Waals surface area contributed by atoms with Crippen molar-refractivity contribution in [2.24, 2.45) is 5.92 Å². The van der Waals surface area contributed by atoms with E-state index in [2.05, 4.69) is 31.1 Å². The van der Waals surface area contributed by atoms with Gasteiger partial charge in [-0.2, -0.15) is 0 Å². The van der Waals surface area contributed by atoms with Crippen LogP contribution in [0.1, 0.15) is 25.7 Å². The molecule has 0 amide bonds. The van der Waals surface area contributed by atoms with Gasteiger partial charge in [-0.05, 0) is 47.5 Å². The number of aromatic nitrogens is 1. The minimum atomic E-state index is -0.785. The second-order valence-corrected chi connectivity index (χ2v) is 7.37. The maximum Gasteiger partial charge on any atom is 0.317 e. The van der Waals surface area contributed by atoms with Crippen molar-refractivity contribution < 1.29 is 14.8 Å². The van der Waals surface area contributed by atoms with E-state index < -0.39 is 10.9 Å². The van der Waals surface area contributed by atoms with Crippen LogP contribution in [-0.4, -0.2) is 51.1 Å². The fourth-order valence-corrected chi connectivity index (χ4v) is 3.43. The van der Waals surface area contributed by atoms with E-state index in [1.54, 1.807) is 0 Å². The zero-order valence-electron chi connectivity index (χ0n) is 13.0. The average molecular weight is 399 g/mol. The Morgan fingerprint density at radius 2 is 2.21 bits per heavy atom. The van der Waals surface area contributed by atoms with Crippen molar-refractivity contribution in [3.05, 3.63) is 26.9 Å². The fraction of sp³-hybridized carbons (Fsp3) is 0.600. The maximum atomic E-state index is 11.0. The SMILES string of the molecule is O=C(O)CN(CC1CC1)C1CC(Nc2ncc([N+](=O)[O-])cc2Br)C1. The molecule has 0 bridgehead atoms. The molecular formula is C15H19BrN4O4. The molecule has 1 aromatic heterocycles. The van der Waals surface area contributed by atoms with Crippen molar-refractivity contribution in [2.75, 3.05) is 18.4 Å². The van der Waals surface area contributed by atoms with E-state index in [9.17, 15) is 14.9 Å². The summed E-state index contributed by atoms with van der Waals surface area (Å²) in [4.78, 5) is 27.4. The number of anilines is 1. The van der Waals surface area contributed by atoms with Gasteiger partial charge in [0.25, 0.3) is 5.69 Å². The third-order valence-electron chi connectivity index (χ3n) is 4.54. The molecule has 8 nitrogen and oxygen atoms in total. The number of rotatable bonds is 8. The van der Waals surface area contributed by atoms with Crippen molar-refractivity contribution in [1.82, 2.24) is 9.88 Å². The molecule has 2 saturated carbocycles. The van der Waals surface area contributed by atoms with Gasteiger partial charge in [0, 0.05) is 24.7 Å². The van der Waals surface area contributed by atoms with Crippen molar-refractivity contribution in [1.29, 1.82) is 0 Å². The van der Waals surface area contributed by atoms with Gasteiger partial charge in [-0.15, -0.1) is 0 Å². The minimum Gasteiger partial charge on any atom is -0.480 e. The molecule has 0 unspecified atom stereocenters. The van der Waals surface area contributed by atoms with Crippen LogP contribution in [0.25, 0.3) is 0 Å². The van der Waals surface area contributed by atoms with Gasteiger partial charge in [0.2, 0.25) is 0 Å². The Labute approximate surface area is 147 Å². The van der Waals surface area contributed by atoms with Gasteiger partial charge < -0.3 is 10.4 Å². The molecular weight excluding hydrogens is 380 g/mol. The normalized spacial score (nSPS) is 22.9. The Bertz CT molecular complexity index is 646. The van der Waals surface area contributed by atoms with E-state index in [1.807, 2.05) is 0 Å². The molecule has 2 N–H and O–H groups in total. The molecule has 24 heavy (non-hydrogen) atoms. The van der Waals surface area contributed by atoms with Crippen LogP contribution in [0.4, 0.5) is 11.5 Å². The molecule has 0 atom stereocenters. The largest absolute Gasteiger partial charge is 0.480 e. The molecule has 130 valence electrons. The molecule has 0 radical (unpaired) electrons. The Balaban J connectivity index is 1.54. The molecule has 3 rings (SSSR count). The molecule has 0 aliphatic heterocycles. The zero-order chi connectivity index (χ0) is 17.3. The molecule has 2 fully saturated rings. The van der Waals surface area contributed by atoms with Crippen molar-refractivity contribution in [2.45, 2.75) is 37.8 Å². The highest BCUT2D eigenvalue weighted by Gasteiger charge is 2.37. The number of pyridine rings is 1. The molecule has 0 aromatic carbocycles. The predicted octanol–water partition coefficient (Wildman–Crippen LogP) is 2.49. The first kappa shape index (κ1) is 17.1. The first-order valence-electron chi connectivity index (χ1n) is 7.94. The summed E-state index contributed by atoms with van der Waals surface area (Å²) in [6.45, 7) is 0.955. The lowest BCUT2D eigenvalue weighted by atomic mass is 9.85. The second-order valence-electron chi connectivity index (χ2n) is 6.51. The molecule has 1 heterocycles. The number of nitrogens with zero attached hydrogens (tertiary/aromatic N) is 3. The van der Waals surface area contributed by atoms with Crippen LogP contribution >= 0.6 is 15.9 Å². The zero-order valence-corrected chi connectivity index (χ0v) is 14.6. The number of halogens is 1. The summed E-state index contributed by atoms with van der Waals surface area (Å²) in [6.07, 6.45) is 5.33. The van der Waals surface area contributed by atoms with Crippen LogP contribution in [-0.2, 0) is 4.79 Å². The van der Waals surface area contributed by atoms with Gasteiger partial charge in [0.15, 0.2) is 0 Å². The van der Waals surface area contributed by atoms with Crippen molar-refractivity contribution >= 4 is 33.4 Å². The van der Waals surface area contributed by atoms with Gasteiger partial charge in [0.1, 0.15) is 12.0 Å². The molecule has 0 saturated heterocycles. The number of hydrogen-bond acceptors (Lipinski definition) is 6. The van der Waals surface area contributed by atoms with E-state index in [1.165, 1.54) is 25.1 Å². The molecule has 2 aliphatic rings. The topological polar surface area (TPSA) is 109 Å². The fourth-order valence-electron chi connectivity index (χ4n) is 2.98. The van der Waals surface area contributed by atoms with E-state index in [-0.39, 0.29) is 24.3 Å². The average Bonchev–Trinajstić information content (AvgIpc) is 3.26. The lowest BCUT2D eigenvalue weighted by Crippen LogP contribution is -2.52. The van der Waals surface area contributed by atoms with Gasteiger partial charge >= 0.3 is 5.97 Å². The summed E-state index contributed by atoms with van der Waals surface area (Å²) in [5, 5.41) is 23.1. The van der Waals surface area contributed by atoms with Gasteiger partial charge in [-0.3, -0.25) is 19.8 Å². The number of carboxylic acid groups (broad SMARTS) is 1. The summed E-state index contributed by atoms with van der Waals surface area (Å²) >= 11 is 3.30. The lowest BCUT2D eigenvalue weighted by molar-refractivity contribution is -0.385. The van der Waals surface area contributed by atoms with E-state index >= 15 is 0 Å². The molecule has 0 spiro atoms. The summed E-state index contributed by atoms with van der Waals surface area (Å²) in [7, 11) is 0. The number of hydrogen-bond donors (Lipinski definition) is 2. The molecule has 2 aliphatic carbocycles. The number of aliphatic carboxylic acids is 1. The summed E-state index contributed by atoms with van der Waals surface area (Å²) in [5.41, 5.74) is -0.0593. The molecule has 1 aromatic rings. The maximum absolute atomic E-state index is 11.0. The van der Waals surface area contributed by atoms with Crippen LogP contribution in [0.15, 0.2) is 16.7 Å². The summed E-state index contributed by atoms with van der Waals surface area (Å²) < 4.78 is 0.556. The van der Waals surface area contributed by atoms with Crippen LogP contribution in [0.5, 0.6) is 0 Å². The van der Waals surface area contributed by atoms with Crippen LogP contribution in [0.3, 0.4) is 0 Å². The number of nitrogens with one attached hydrogen (secondary N) is 1. The van der Waals surface area contributed by atoms with E-state index in [0.29, 0.717) is 16.2 Å². The van der Waals surface area contributed by atoms with Crippen molar-refractivity contribution in [3.63, 3.8) is 0 Å². The predicted molar refractivity (Wildman–Crippen MR) is 91.0 cm³/mol. The standard InChI is InChI=1S/C15H19BrN4O4/c16-13-5-12(20(23)24)6-17-15(13)18-10-3-11(4-10)19(8-14(21)22)7-9-1-2-9/h5-6,9-11H,1-4,7-8H2,(H,17,18)(H,21,22). The van der Waals surface area contributed by atoms with Crippen LogP contribution in [0.2, 0.25) is 0 Å². The van der Waals surface area contributed by atoms with Gasteiger partial charge in [-0.1, -0.05) is 0 Å². The second kappa shape index (κ2) is 7.02. The van der Waals surface area contributed by atoms with E-state index in [0.717, 1.165) is 19.4 Å². The highest BCUT2D eigenvalue weighted by Crippen LogP contribution is 2.35. The monoisotopic (exact) mass is 398 g/mol. The smallest absolute Gasteiger partial charge is 0.317 e. The highest BCUT2D eigenvalue weighted by molar-refractivity contribution is 9.10. The Hall–Kier alpha value is -1.74. The quantitative estimate of drug-likeness (QED) is 0.511. The van der Waals surface area contributed by atoms with Gasteiger partial charge in [-0.25, -0.2) is 4.98 Å².